The topological polar surface area (TPSA) is 38.0 Å². The molecule has 0 spiro atoms. The molecule has 0 fully saturated rings. The first kappa shape index (κ1) is 12.9. The molecule has 17 heavy (non-hydrogen) atoms. The molecule has 3 heteroatoms. The number of hydrogen-bond acceptors (Lipinski definition) is 3. The fourth-order valence-corrected chi connectivity index (χ4v) is 3.09. The monoisotopic (exact) mass is 250 g/mol. The van der Waals surface area contributed by atoms with Crippen LogP contribution in [0.3, 0.4) is 0 Å². The Hall–Kier alpha value is -0.510. The lowest BCUT2D eigenvalue weighted by atomic mass is 10.1. The van der Waals surface area contributed by atoms with Crippen LogP contribution < -0.4 is 11.1 Å². The first-order chi connectivity index (χ1) is 8.29. The Morgan fingerprint density at radius 3 is 3.18 bits per heavy atom. The van der Waals surface area contributed by atoms with Crippen molar-refractivity contribution in [2.45, 2.75) is 31.2 Å². The highest BCUT2D eigenvalue weighted by Crippen LogP contribution is 2.30. The van der Waals surface area contributed by atoms with Gasteiger partial charge in [0.15, 0.2) is 0 Å². The number of fused-ring (bicyclic) bond motifs is 1. The second kappa shape index (κ2) is 6.43. The third kappa shape index (κ3) is 3.73. The molecular formula is C14H22N2S. The third-order valence-electron chi connectivity index (χ3n) is 3.20. The minimum atomic E-state index is 0.559. The van der Waals surface area contributed by atoms with Gasteiger partial charge in [-0.15, -0.1) is 11.8 Å². The van der Waals surface area contributed by atoms with Crippen LogP contribution in [-0.2, 0) is 13.0 Å². The fraction of sp³-hybridized carbons (Fsp3) is 0.571. The predicted molar refractivity (Wildman–Crippen MR) is 75.4 cm³/mol. The van der Waals surface area contributed by atoms with Crippen molar-refractivity contribution in [3.8, 4) is 0 Å². The summed E-state index contributed by atoms with van der Waals surface area (Å²) in [5.74, 6) is 1.83. The van der Waals surface area contributed by atoms with Crippen LogP contribution >= 0.6 is 11.8 Å². The summed E-state index contributed by atoms with van der Waals surface area (Å²) in [7, 11) is 0. The molecule has 1 aliphatic rings. The van der Waals surface area contributed by atoms with Crippen molar-refractivity contribution in [2.75, 3.05) is 18.8 Å². The van der Waals surface area contributed by atoms with Gasteiger partial charge in [0, 0.05) is 11.4 Å². The molecule has 0 radical (unpaired) electrons. The van der Waals surface area contributed by atoms with Crippen molar-refractivity contribution in [2.24, 2.45) is 11.7 Å². The van der Waals surface area contributed by atoms with E-state index in [2.05, 4.69) is 30.4 Å². The van der Waals surface area contributed by atoms with Gasteiger partial charge >= 0.3 is 0 Å². The summed E-state index contributed by atoms with van der Waals surface area (Å²) in [6, 6.07) is 6.89. The van der Waals surface area contributed by atoms with E-state index in [1.807, 2.05) is 11.8 Å². The van der Waals surface area contributed by atoms with Gasteiger partial charge in [-0.3, -0.25) is 0 Å². The van der Waals surface area contributed by atoms with Crippen LogP contribution in [0.1, 0.15) is 24.5 Å². The van der Waals surface area contributed by atoms with Crippen molar-refractivity contribution >= 4 is 11.8 Å². The van der Waals surface area contributed by atoms with E-state index in [4.69, 9.17) is 5.73 Å². The Balaban J connectivity index is 1.89. The molecule has 1 heterocycles. The van der Waals surface area contributed by atoms with Crippen LogP contribution in [0.4, 0.5) is 0 Å². The van der Waals surface area contributed by atoms with Gasteiger partial charge in [-0.25, -0.2) is 0 Å². The number of aryl methyl sites for hydroxylation is 1. The maximum absolute atomic E-state index is 5.60. The van der Waals surface area contributed by atoms with E-state index in [1.54, 1.807) is 0 Å². The van der Waals surface area contributed by atoms with Gasteiger partial charge in [0.1, 0.15) is 0 Å². The highest BCUT2D eigenvalue weighted by molar-refractivity contribution is 7.99. The van der Waals surface area contributed by atoms with Crippen molar-refractivity contribution in [3.63, 3.8) is 0 Å². The number of nitrogens with one attached hydrogen (secondary N) is 1. The zero-order chi connectivity index (χ0) is 12.1. The molecule has 1 aliphatic heterocycles. The predicted octanol–water partition coefficient (Wildman–Crippen LogP) is 2.41. The zero-order valence-electron chi connectivity index (χ0n) is 10.5. The van der Waals surface area contributed by atoms with Gasteiger partial charge in [-0.1, -0.05) is 19.1 Å². The van der Waals surface area contributed by atoms with Crippen molar-refractivity contribution in [1.82, 2.24) is 5.32 Å². The van der Waals surface area contributed by atoms with Gasteiger partial charge in [-0.05, 0) is 54.8 Å². The molecule has 0 saturated heterocycles. The molecule has 0 aliphatic carbocycles. The van der Waals surface area contributed by atoms with E-state index in [1.165, 1.54) is 34.6 Å². The minimum Gasteiger partial charge on any atom is -0.330 e. The summed E-state index contributed by atoms with van der Waals surface area (Å²) >= 11 is 1.99. The Morgan fingerprint density at radius 1 is 1.47 bits per heavy atom. The molecule has 1 atom stereocenters. The highest BCUT2D eigenvalue weighted by atomic mass is 32.2. The summed E-state index contributed by atoms with van der Waals surface area (Å²) in [5.41, 5.74) is 8.53. The maximum atomic E-state index is 5.60. The summed E-state index contributed by atoms with van der Waals surface area (Å²) in [6.45, 7) is 4.90. The molecule has 0 aromatic heterocycles. The van der Waals surface area contributed by atoms with E-state index < -0.39 is 0 Å². The summed E-state index contributed by atoms with van der Waals surface area (Å²) in [6.07, 6.45) is 2.56. The van der Waals surface area contributed by atoms with Crippen molar-refractivity contribution < 1.29 is 0 Å². The number of rotatable bonds is 5. The first-order valence-corrected chi connectivity index (χ1v) is 7.43. The van der Waals surface area contributed by atoms with E-state index in [9.17, 15) is 0 Å². The summed E-state index contributed by atoms with van der Waals surface area (Å²) < 4.78 is 0. The molecule has 94 valence electrons. The molecule has 1 unspecified atom stereocenters. The van der Waals surface area contributed by atoms with Crippen LogP contribution in [0.2, 0.25) is 0 Å². The number of nitrogens with two attached hydrogens (primary N) is 1. The Kier molecular flexibility index (Phi) is 4.89. The molecule has 3 N–H and O–H groups in total. The smallest absolute Gasteiger partial charge is 0.0205 e. The first-order valence-electron chi connectivity index (χ1n) is 6.45. The van der Waals surface area contributed by atoms with Crippen LogP contribution in [0, 0.1) is 5.92 Å². The SMILES string of the molecule is CC(CN)CNCc1ccc2c(c1)CCCS2. The van der Waals surface area contributed by atoms with E-state index in [0.29, 0.717) is 5.92 Å². The fourth-order valence-electron chi connectivity index (χ4n) is 2.07. The Morgan fingerprint density at radius 2 is 2.35 bits per heavy atom. The molecule has 0 bridgehead atoms. The van der Waals surface area contributed by atoms with Gasteiger partial charge in [-0.2, -0.15) is 0 Å². The average molecular weight is 250 g/mol. The Labute approximate surface area is 108 Å². The molecule has 0 saturated carbocycles. The lowest BCUT2D eigenvalue weighted by molar-refractivity contribution is 0.522. The summed E-state index contributed by atoms with van der Waals surface area (Å²) in [4.78, 5) is 1.48. The van der Waals surface area contributed by atoms with Gasteiger partial charge in [0.25, 0.3) is 0 Å². The molecule has 1 aromatic rings. The lowest BCUT2D eigenvalue weighted by Gasteiger charge is -2.16. The maximum Gasteiger partial charge on any atom is 0.0205 e. The molecule has 2 rings (SSSR count). The molecule has 1 aromatic carbocycles. The molecular weight excluding hydrogens is 228 g/mol. The minimum absolute atomic E-state index is 0.559. The van der Waals surface area contributed by atoms with Crippen LogP contribution in [0.25, 0.3) is 0 Å². The van der Waals surface area contributed by atoms with Crippen molar-refractivity contribution in [3.05, 3.63) is 29.3 Å². The second-order valence-electron chi connectivity index (χ2n) is 4.87. The lowest BCUT2D eigenvalue weighted by Crippen LogP contribution is -2.25. The number of benzene rings is 1. The van der Waals surface area contributed by atoms with Crippen LogP contribution in [0.5, 0.6) is 0 Å². The van der Waals surface area contributed by atoms with Crippen molar-refractivity contribution in [1.29, 1.82) is 0 Å². The zero-order valence-corrected chi connectivity index (χ0v) is 11.4. The van der Waals surface area contributed by atoms with E-state index in [0.717, 1.165) is 19.6 Å². The number of hydrogen-bond donors (Lipinski definition) is 2. The molecule has 2 nitrogen and oxygen atoms in total. The highest BCUT2D eigenvalue weighted by Gasteiger charge is 2.09. The van der Waals surface area contributed by atoms with Crippen LogP contribution in [-0.4, -0.2) is 18.8 Å². The second-order valence-corrected chi connectivity index (χ2v) is 6.00. The largest absolute Gasteiger partial charge is 0.330 e. The van der Waals surface area contributed by atoms with Gasteiger partial charge in [0.05, 0.1) is 0 Å². The quantitative estimate of drug-likeness (QED) is 0.843. The van der Waals surface area contributed by atoms with Gasteiger partial charge in [0.2, 0.25) is 0 Å². The van der Waals surface area contributed by atoms with E-state index >= 15 is 0 Å². The normalized spacial score (nSPS) is 16.6. The molecule has 0 amide bonds. The summed E-state index contributed by atoms with van der Waals surface area (Å²) in [5, 5.41) is 3.47. The average Bonchev–Trinajstić information content (AvgIpc) is 2.38. The van der Waals surface area contributed by atoms with Crippen LogP contribution in [0.15, 0.2) is 23.1 Å². The van der Waals surface area contributed by atoms with E-state index in [-0.39, 0.29) is 0 Å². The van der Waals surface area contributed by atoms with Gasteiger partial charge < -0.3 is 11.1 Å². The Bertz CT molecular complexity index is 365. The standard InChI is InChI=1S/C14H22N2S/c1-11(8-15)9-16-10-12-4-5-14-13(7-12)3-2-6-17-14/h4-5,7,11,16H,2-3,6,8-10,15H2,1H3. The number of thioether (sulfide) groups is 1. The third-order valence-corrected chi connectivity index (χ3v) is 4.40.